The van der Waals surface area contributed by atoms with Crippen molar-refractivity contribution in [1.82, 2.24) is 4.98 Å². The minimum atomic E-state index is -4.78. The van der Waals surface area contributed by atoms with Crippen molar-refractivity contribution in [2.24, 2.45) is 0 Å². The van der Waals surface area contributed by atoms with Gasteiger partial charge in [0.25, 0.3) is 5.69 Å². The molecule has 0 saturated carbocycles. The first-order valence-electron chi connectivity index (χ1n) is 5.60. The summed E-state index contributed by atoms with van der Waals surface area (Å²) in [6.45, 7) is 0. The Morgan fingerprint density at radius 3 is 2.24 bits per heavy atom. The van der Waals surface area contributed by atoms with E-state index < -0.39 is 33.7 Å². The summed E-state index contributed by atoms with van der Waals surface area (Å²) in [5, 5.41) is 10.7. The molecule has 8 heteroatoms. The lowest BCUT2D eigenvalue weighted by atomic mass is 10.0. The van der Waals surface area contributed by atoms with Gasteiger partial charge in [-0.05, 0) is 18.2 Å². The van der Waals surface area contributed by atoms with Crippen LogP contribution in [-0.4, -0.2) is 15.7 Å². The van der Waals surface area contributed by atoms with E-state index in [2.05, 4.69) is 4.98 Å². The van der Waals surface area contributed by atoms with Crippen molar-refractivity contribution in [3.8, 4) is 0 Å². The van der Waals surface area contributed by atoms with Crippen molar-refractivity contribution in [3.63, 3.8) is 0 Å². The topological polar surface area (TPSA) is 73.1 Å². The summed E-state index contributed by atoms with van der Waals surface area (Å²) < 4.78 is 38.2. The number of carbonyl (C=O) groups excluding carboxylic acids is 1. The van der Waals surface area contributed by atoms with E-state index in [-0.39, 0.29) is 5.56 Å². The summed E-state index contributed by atoms with van der Waals surface area (Å²) >= 11 is 0. The summed E-state index contributed by atoms with van der Waals surface area (Å²) in [6.07, 6.45) is -2.18. The number of non-ortho nitro benzene ring substituents is 1. The predicted octanol–water partition coefficient (Wildman–Crippen LogP) is 3.24. The number of rotatable bonds is 3. The van der Waals surface area contributed by atoms with Gasteiger partial charge in [-0.2, -0.15) is 13.2 Å². The summed E-state index contributed by atoms with van der Waals surface area (Å²) in [4.78, 5) is 25.5. The van der Waals surface area contributed by atoms with E-state index in [0.717, 1.165) is 6.07 Å². The zero-order valence-corrected chi connectivity index (χ0v) is 10.3. The molecule has 0 radical (unpaired) electrons. The highest BCUT2D eigenvalue weighted by atomic mass is 19.4. The third-order valence-electron chi connectivity index (χ3n) is 2.66. The zero-order valence-electron chi connectivity index (χ0n) is 10.3. The highest BCUT2D eigenvalue weighted by molar-refractivity contribution is 6.09. The lowest BCUT2D eigenvalue weighted by Crippen LogP contribution is -2.09. The second-order valence-electron chi connectivity index (χ2n) is 4.09. The number of ketones is 1. The first-order chi connectivity index (χ1) is 9.79. The highest BCUT2D eigenvalue weighted by Crippen LogP contribution is 2.33. The van der Waals surface area contributed by atoms with E-state index in [0.29, 0.717) is 12.1 Å². The molecular weight excluding hydrogens is 289 g/mol. The fourth-order valence-corrected chi connectivity index (χ4v) is 1.68. The van der Waals surface area contributed by atoms with E-state index in [1.165, 1.54) is 24.5 Å². The van der Waals surface area contributed by atoms with E-state index in [1.807, 2.05) is 0 Å². The van der Waals surface area contributed by atoms with Crippen LogP contribution in [-0.2, 0) is 6.18 Å². The van der Waals surface area contributed by atoms with Gasteiger partial charge in [0.05, 0.1) is 10.5 Å². The second kappa shape index (κ2) is 5.31. The molecule has 2 aromatic rings. The average molecular weight is 296 g/mol. The summed E-state index contributed by atoms with van der Waals surface area (Å²) in [6, 6.07) is 4.43. The molecule has 0 N–H and O–H groups in total. The maximum atomic E-state index is 12.7. The molecule has 0 bridgehead atoms. The van der Waals surface area contributed by atoms with Gasteiger partial charge in [0, 0.05) is 35.7 Å². The number of pyridine rings is 1. The number of hydrogen-bond donors (Lipinski definition) is 0. The largest absolute Gasteiger partial charge is 0.416 e. The number of halogens is 3. The minimum absolute atomic E-state index is 0.0959. The van der Waals surface area contributed by atoms with Crippen LogP contribution in [0.4, 0.5) is 18.9 Å². The molecule has 108 valence electrons. The molecule has 0 fully saturated rings. The Labute approximate surface area is 116 Å². The Bertz CT molecular complexity index is 700. The van der Waals surface area contributed by atoms with Crippen LogP contribution in [0.3, 0.4) is 0 Å². The number of nitro groups is 1. The van der Waals surface area contributed by atoms with Gasteiger partial charge in [0.1, 0.15) is 0 Å². The van der Waals surface area contributed by atoms with Gasteiger partial charge in [0.15, 0.2) is 5.78 Å². The number of nitrogens with zero attached hydrogens (tertiary/aromatic N) is 2. The lowest BCUT2D eigenvalue weighted by molar-refractivity contribution is -0.385. The molecule has 0 aliphatic rings. The molecular formula is C13H7F3N2O3. The number of aromatic nitrogens is 1. The smallest absolute Gasteiger partial charge is 0.289 e. The normalized spacial score (nSPS) is 11.2. The second-order valence-corrected chi connectivity index (χ2v) is 4.09. The Kier molecular flexibility index (Phi) is 3.70. The van der Waals surface area contributed by atoms with E-state index in [9.17, 15) is 28.1 Å². The van der Waals surface area contributed by atoms with Crippen molar-refractivity contribution in [3.05, 3.63) is 69.5 Å². The monoisotopic (exact) mass is 296 g/mol. The third-order valence-corrected chi connectivity index (χ3v) is 2.66. The van der Waals surface area contributed by atoms with Crippen LogP contribution in [0.15, 0.2) is 42.7 Å². The first kappa shape index (κ1) is 14.6. The first-order valence-corrected chi connectivity index (χ1v) is 5.60. The average Bonchev–Trinajstić information content (AvgIpc) is 2.46. The summed E-state index contributed by atoms with van der Waals surface area (Å²) in [5.41, 5.74) is -2.34. The van der Waals surface area contributed by atoms with Gasteiger partial charge in [-0.1, -0.05) is 0 Å². The Balaban J connectivity index is 2.56. The highest BCUT2D eigenvalue weighted by Gasteiger charge is 2.33. The molecule has 0 aliphatic heterocycles. The molecule has 0 saturated heterocycles. The minimum Gasteiger partial charge on any atom is -0.289 e. The number of benzene rings is 1. The van der Waals surface area contributed by atoms with Crippen molar-refractivity contribution >= 4 is 11.5 Å². The van der Waals surface area contributed by atoms with Crippen LogP contribution in [0.5, 0.6) is 0 Å². The summed E-state index contributed by atoms with van der Waals surface area (Å²) in [7, 11) is 0. The van der Waals surface area contributed by atoms with Crippen LogP contribution in [0.1, 0.15) is 21.5 Å². The third kappa shape index (κ3) is 3.22. The number of alkyl halides is 3. The van der Waals surface area contributed by atoms with Crippen LogP contribution in [0.2, 0.25) is 0 Å². The van der Waals surface area contributed by atoms with E-state index in [1.54, 1.807) is 0 Å². The molecule has 0 aliphatic carbocycles. The molecule has 0 unspecified atom stereocenters. The maximum Gasteiger partial charge on any atom is 0.416 e. The Hall–Kier alpha value is -2.77. The van der Waals surface area contributed by atoms with Gasteiger partial charge < -0.3 is 0 Å². The molecule has 21 heavy (non-hydrogen) atoms. The van der Waals surface area contributed by atoms with Crippen LogP contribution in [0.25, 0.3) is 0 Å². The zero-order chi connectivity index (χ0) is 15.6. The number of carbonyl (C=O) groups is 1. The van der Waals surface area contributed by atoms with Gasteiger partial charge in [-0.15, -0.1) is 0 Å². The van der Waals surface area contributed by atoms with Crippen molar-refractivity contribution in [1.29, 1.82) is 0 Å². The van der Waals surface area contributed by atoms with Crippen LogP contribution in [0, 0.1) is 10.1 Å². The molecule has 0 amide bonds. The molecule has 1 heterocycles. The number of nitro benzene ring substituents is 1. The number of hydrogen-bond acceptors (Lipinski definition) is 4. The van der Waals surface area contributed by atoms with E-state index >= 15 is 0 Å². The molecule has 1 aromatic heterocycles. The van der Waals surface area contributed by atoms with Crippen molar-refractivity contribution in [2.75, 3.05) is 0 Å². The molecule has 2 rings (SSSR count). The van der Waals surface area contributed by atoms with Crippen molar-refractivity contribution < 1.29 is 22.9 Å². The molecule has 0 atom stereocenters. The van der Waals surface area contributed by atoms with Gasteiger partial charge in [-0.25, -0.2) is 0 Å². The predicted molar refractivity (Wildman–Crippen MR) is 65.8 cm³/mol. The summed E-state index contributed by atoms with van der Waals surface area (Å²) in [5.74, 6) is -0.744. The fraction of sp³-hybridized carbons (Fsp3) is 0.0769. The molecule has 5 nitrogen and oxygen atoms in total. The van der Waals surface area contributed by atoms with E-state index in [4.69, 9.17) is 0 Å². The van der Waals surface area contributed by atoms with Gasteiger partial charge in [-0.3, -0.25) is 19.9 Å². The lowest BCUT2D eigenvalue weighted by Gasteiger charge is -2.08. The molecule has 1 aromatic carbocycles. The quantitative estimate of drug-likeness (QED) is 0.495. The Morgan fingerprint density at radius 2 is 1.71 bits per heavy atom. The van der Waals surface area contributed by atoms with Crippen LogP contribution >= 0.6 is 0 Å². The van der Waals surface area contributed by atoms with Gasteiger partial charge in [0.2, 0.25) is 0 Å². The fourth-order valence-electron chi connectivity index (χ4n) is 1.68. The van der Waals surface area contributed by atoms with Crippen LogP contribution < -0.4 is 0 Å². The van der Waals surface area contributed by atoms with Crippen molar-refractivity contribution in [2.45, 2.75) is 6.18 Å². The molecule has 0 spiro atoms. The standard InChI is InChI=1S/C13H7F3N2O3/c14-13(15,16)10-5-9(6-11(7-10)18(20)21)12(19)8-1-3-17-4-2-8/h1-7H. The van der Waals surface area contributed by atoms with Gasteiger partial charge >= 0.3 is 6.18 Å². The maximum absolute atomic E-state index is 12.7. The SMILES string of the molecule is O=C(c1ccncc1)c1cc([N+](=O)[O-])cc(C(F)(F)F)c1. The Morgan fingerprint density at radius 1 is 1.10 bits per heavy atom.